The van der Waals surface area contributed by atoms with E-state index in [0.717, 1.165) is 6.21 Å². The van der Waals surface area contributed by atoms with Crippen molar-refractivity contribution in [1.29, 1.82) is 10.7 Å². The molecule has 31 heavy (non-hydrogen) atoms. The fourth-order valence-electron chi connectivity index (χ4n) is 2.44. The number of nitrogens with zero attached hydrogens (tertiary/aromatic N) is 1. The minimum absolute atomic E-state index is 0.0183. The summed E-state index contributed by atoms with van der Waals surface area (Å²) in [5.74, 6) is -0.575. The Morgan fingerprint density at radius 2 is 1.81 bits per heavy atom. The number of benzene rings is 2. The summed E-state index contributed by atoms with van der Waals surface area (Å²) in [7, 11) is 1.35. The topological polar surface area (TPSA) is 107 Å². The largest absolute Gasteiger partial charge is 0.492 e. The number of methoxy groups -OCH3 is 1. The molecular weight excluding hydrogens is 399 g/mol. The van der Waals surface area contributed by atoms with Gasteiger partial charge < -0.3 is 25.5 Å². The van der Waals surface area contributed by atoms with Crippen molar-refractivity contribution in [2.75, 3.05) is 24.4 Å². The molecule has 0 aliphatic carbocycles. The van der Waals surface area contributed by atoms with Crippen molar-refractivity contribution in [2.45, 2.75) is 20.8 Å². The van der Waals surface area contributed by atoms with E-state index in [1.54, 1.807) is 12.1 Å². The van der Waals surface area contributed by atoms with Gasteiger partial charge in [-0.15, -0.1) is 0 Å². The number of hydrogen-bond donors (Lipinski definition) is 3. The highest BCUT2D eigenvalue weighted by atomic mass is 19.1. The first-order valence-electron chi connectivity index (χ1n) is 9.46. The van der Waals surface area contributed by atoms with Crippen molar-refractivity contribution >= 4 is 23.5 Å². The van der Waals surface area contributed by atoms with E-state index in [4.69, 9.17) is 14.9 Å². The van der Waals surface area contributed by atoms with E-state index in [1.165, 1.54) is 37.4 Å². The first-order valence-corrected chi connectivity index (χ1v) is 9.46. The van der Waals surface area contributed by atoms with E-state index in [2.05, 4.69) is 16.7 Å². The summed E-state index contributed by atoms with van der Waals surface area (Å²) >= 11 is 0. The molecule has 0 aromatic heterocycles. The molecule has 2 aromatic rings. The molecule has 8 heteroatoms. The zero-order chi connectivity index (χ0) is 23.0. The van der Waals surface area contributed by atoms with Crippen molar-refractivity contribution in [1.82, 2.24) is 0 Å². The van der Waals surface area contributed by atoms with Crippen molar-refractivity contribution in [2.24, 2.45) is 5.41 Å². The highest BCUT2D eigenvalue weighted by molar-refractivity contribution is 6.17. The first kappa shape index (κ1) is 23.4. The van der Waals surface area contributed by atoms with Crippen LogP contribution in [0.5, 0.6) is 5.75 Å². The second-order valence-corrected chi connectivity index (χ2v) is 7.85. The number of nitrogens with one attached hydrogen (secondary N) is 3. The van der Waals surface area contributed by atoms with Crippen LogP contribution in [0.4, 0.5) is 15.8 Å². The number of carbonyl (C=O) groups is 1. The van der Waals surface area contributed by atoms with Crippen LogP contribution in [-0.4, -0.2) is 25.8 Å². The molecule has 0 spiro atoms. The first-order chi connectivity index (χ1) is 14.7. The van der Waals surface area contributed by atoms with Crippen molar-refractivity contribution in [3.05, 3.63) is 65.3 Å². The van der Waals surface area contributed by atoms with Gasteiger partial charge in [-0.2, -0.15) is 5.26 Å². The molecule has 7 nitrogen and oxygen atoms in total. The van der Waals surface area contributed by atoms with E-state index in [9.17, 15) is 14.4 Å². The average Bonchev–Trinajstić information content (AvgIpc) is 2.73. The standard InChI is InChI=1S/C23H25FN4O3/c1-23(2,3)14-31-20-10-9-18(11-15(20)12-25)27-21(29)19(13-26)22(30-4)28-17-7-5-16(24)6-8-17/h5-11,13,26,28H,14H2,1-4H3,(H,27,29)/b22-19-,26-13?. The van der Waals surface area contributed by atoms with Crippen LogP contribution in [0.1, 0.15) is 26.3 Å². The summed E-state index contributed by atoms with van der Waals surface area (Å²) in [4.78, 5) is 12.7. The molecule has 2 aromatic carbocycles. The second-order valence-electron chi connectivity index (χ2n) is 7.85. The molecule has 0 atom stereocenters. The lowest BCUT2D eigenvalue weighted by Gasteiger charge is -2.19. The highest BCUT2D eigenvalue weighted by Gasteiger charge is 2.17. The Labute approximate surface area is 181 Å². The Morgan fingerprint density at radius 3 is 2.35 bits per heavy atom. The van der Waals surface area contributed by atoms with E-state index >= 15 is 0 Å². The Morgan fingerprint density at radius 1 is 1.16 bits per heavy atom. The van der Waals surface area contributed by atoms with Gasteiger partial charge in [-0.3, -0.25) is 4.79 Å². The average molecular weight is 424 g/mol. The molecule has 0 aliphatic heterocycles. The van der Waals surface area contributed by atoms with Gasteiger partial charge in [-0.1, -0.05) is 20.8 Å². The van der Waals surface area contributed by atoms with Crippen LogP contribution >= 0.6 is 0 Å². The van der Waals surface area contributed by atoms with Crippen molar-refractivity contribution < 1.29 is 18.7 Å². The Balaban J connectivity index is 2.22. The fourth-order valence-corrected chi connectivity index (χ4v) is 2.44. The third-order valence-electron chi connectivity index (χ3n) is 3.96. The number of ether oxygens (including phenoxy) is 2. The van der Waals surface area contributed by atoms with E-state index in [0.29, 0.717) is 23.7 Å². The quantitative estimate of drug-likeness (QED) is 0.324. The fraction of sp³-hybridized carbons (Fsp3) is 0.261. The van der Waals surface area contributed by atoms with Crippen LogP contribution in [0, 0.1) is 28.0 Å². The number of halogens is 1. The van der Waals surface area contributed by atoms with Gasteiger partial charge in [-0.05, 0) is 47.9 Å². The Hall–Kier alpha value is -3.86. The lowest BCUT2D eigenvalue weighted by molar-refractivity contribution is -0.112. The lowest BCUT2D eigenvalue weighted by Crippen LogP contribution is -2.20. The molecule has 162 valence electrons. The predicted molar refractivity (Wildman–Crippen MR) is 118 cm³/mol. The van der Waals surface area contributed by atoms with E-state index in [-0.39, 0.29) is 22.4 Å². The van der Waals surface area contributed by atoms with Gasteiger partial charge in [-0.25, -0.2) is 4.39 Å². The maximum atomic E-state index is 13.1. The number of hydrogen-bond acceptors (Lipinski definition) is 6. The second kappa shape index (κ2) is 10.3. The van der Waals surface area contributed by atoms with Gasteiger partial charge in [0.25, 0.3) is 5.91 Å². The zero-order valence-corrected chi connectivity index (χ0v) is 17.9. The molecule has 1 amide bonds. The minimum Gasteiger partial charge on any atom is -0.492 e. The van der Waals surface area contributed by atoms with Gasteiger partial charge in [0.1, 0.15) is 23.2 Å². The number of carbonyl (C=O) groups excluding carboxylic acids is 1. The molecule has 3 N–H and O–H groups in total. The zero-order valence-electron chi connectivity index (χ0n) is 17.9. The van der Waals surface area contributed by atoms with E-state index < -0.39 is 11.7 Å². The van der Waals surface area contributed by atoms with Gasteiger partial charge >= 0.3 is 0 Å². The number of anilines is 2. The molecule has 0 saturated heterocycles. The third kappa shape index (κ3) is 6.85. The van der Waals surface area contributed by atoms with Crippen molar-refractivity contribution in [3.63, 3.8) is 0 Å². The van der Waals surface area contributed by atoms with Gasteiger partial charge in [0.15, 0.2) is 0 Å². The third-order valence-corrected chi connectivity index (χ3v) is 3.96. The molecule has 0 aliphatic rings. The summed E-state index contributed by atoms with van der Waals surface area (Å²) in [5, 5.41) is 22.5. The predicted octanol–water partition coefficient (Wildman–Crippen LogP) is 4.68. The number of amides is 1. The maximum absolute atomic E-state index is 13.1. The SMILES string of the molecule is CO/C(Nc1ccc(F)cc1)=C(/C=N)C(=O)Nc1ccc(OCC(C)(C)C)c(C#N)c1. The Kier molecular flexibility index (Phi) is 7.75. The van der Waals surface area contributed by atoms with Gasteiger partial charge in [0.05, 0.1) is 19.3 Å². The smallest absolute Gasteiger partial charge is 0.262 e. The molecule has 0 saturated carbocycles. The molecule has 0 fully saturated rings. The van der Waals surface area contributed by atoms with Gasteiger partial charge in [0.2, 0.25) is 5.88 Å². The maximum Gasteiger partial charge on any atom is 0.262 e. The molecular formula is C23H25FN4O3. The monoisotopic (exact) mass is 424 g/mol. The summed E-state index contributed by atoms with van der Waals surface area (Å²) < 4.78 is 24.0. The van der Waals surface area contributed by atoms with Crippen LogP contribution in [-0.2, 0) is 9.53 Å². The van der Waals surface area contributed by atoms with Crippen LogP contribution < -0.4 is 15.4 Å². The minimum atomic E-state index is -0.617. The van der Waals surface area contributed by atoms with Crippen LogP contribution in [0.25, 0.3) is 0 Å². The van der Waals surface area contributed by atoms with Gasteiger partial charge in [0, 0.05) is 17.6 Å². The highest BCUT2D eigenvalue weighted by Crippen LogP contribution is 2.25. The van der Waals surface area contributed by atoms with Crippen LogP contribution in [0.15, 0.2) is 53.9 Å². The molecule has 0 radical (unpaired) electrons. The van der Waals surface area contributed by atoms with Crippen molar-refractivity contribution in [3.8, 4) is 11.8 Å². The molecule has 0 heterocycles. The van der Waals surface area contributed by atoms with Crippen LogP contribution in [0.2, 0.25) is 0 Å². The summed E-state index contributed by atoms with van der Waals surface area (Å²) in [6.07, 6.45) is 0.844. The summed E-state index contributed by atoms with van der Waals surface area (Å²) in [6.45, 7) is 6.49. The summed E-state index contributed by atoms with van der Waals surface area (Å²) in [5.41, 5.74) is 0.966. The van der Waals surface area contributed by atoms with E-state index in [1.807, 2.05) is 20.8 Å². The Bertz CT molecular complexity index is 1020. The molecule has 2 rings (SSSR count). The number of rotatable bonds is 8. The lowest BCUT2D eigenvalue weighted by atomic mass is 9.98. The molecule has 0 bridgehead atoms. The van der Waals surface area contributed by atoms with Crippen LogP contribution in [0.3, 0.4) is 0 Å². The normalized spacial score (nSPS) is 11.6. The number of nitriles is 1. The molecule has 0 unspecified atom stereocenters. The summed E-state index contributed by atoms with van der Waals surface area (Å²) in [6, 6.07) is 12.2.